The molecular formula is C21H18F3N3O4S. The smallest absolute Gasteiger partial charge is 0.481 e. The number of rotatable bonds is 8. The molecular weight excluding hydrogens is 447 g/mol. The minimum atomic E-state index is -4.83. The Morgan fingerprint density at radius 3 is 2.34 bits per heavy atom. The van der Waals surface area contributed by atoms with Crippen molar-refractivity contribution in [2.75, 3.05) is 4.90 Å². The monoisotopic (exact) mass is 465 g/mol. The van der Waals surface area contributed by atoms with Gasteiger partial charge in [-0.15, -0.1) is 23.4 Å². The van der Waals surface area contributed by atoms with E-state index in [-0.39, 0.29) is 10.7 Å². The number of hydrogen-bond acceptors (Lipinski definition) is 6. The van der Waals surface area contributed by atoms with Gasteiger partial charge in [0.25, 0.3) is 5.91 Å². The zero-order chi connectivity index (χ0) is 23.3. The molecule has 0 aliphatic carbocycles. The minimum Gasteiger partial charge on any atom is -0.481 e. The maximum atomic E-state index is 13.2. The van der Waals surface area contributed by atoms with E-state index in [1.165, 1.54) is 17.0 Å². The first-order chi connectivity index (χ1) is 15.1. The van der Waals surface area contributed by atoms with E-state index in [2.05, 4.69) is 14.9 Å². The van der Waals surface area contributed by atoms with Gasteiger partial charge in [-0.25, -0.2) is 0 Å². The quantitative estimate of drug-likeness (QED) is 0.499. The highest BCUT2D eigenvalue weighted by atomic mass is 32.1. The van der Waals surface area contributed by atoms with E-state index in [9.17, 15) is 22.8 Å². The Hall–Kier alpha value is -3.47. The summed E-state index contributed by atoms with van der Waals surface area (Å²) in [5.74, 6) is -2.41. The van der Waals surface area contributed by atoms with Crippen LogP contribution in [0.3, 0.4) is 0 Å². The average Bonchev–Trinajstić information content (AvgIpc) is 3.20. The second-order valence-electron chi connectivity index (χ2n) is 6.80. The number of anilines is 2. The number of aromatic nitrogens is 2. The molecule has 0 radical (unpaired) electrons. The standard InChI is InChI=1S/C21H18F3N3O4S/c1-13(19(29)30)7-12-17-25-26-20(32-17)27(15-5-3-2-4-6-15)18(28)14-8-10-16(11-9-14)31-21(22,23)24/h2-6,8-11,13H,7,12H2,1H3,(H,29,30). The summed E-state index contributed by atoms with van der Waals surface area (Å²) in [5, 5.41) is 18.0. The van der Waals surface area contributed by atoms with Crippen LogP contribution in [0.4, 0.5) is 24.0 Å². The first kappa shape index (κ1) is 23.2. The van der Waals surface area contributed by atoms with Crippen molar-refractivity contribution in [1.82, 2.24) is 10.2 Å². The molecule has 11 heteroatoms. The van der Waals surface area contributed by atoms with Gasteiger partial charge in [0.2, 0.25) is 5.13 Å². The van der Waals surface area contributed by atoms with E-state index in [1.54, 1.807) is 37.3 Å². The number of aryl methyl sites for hydroxylation is 1. The number of carbonyl (C=O) groups is 2. The second kappa shape index (κ2) is 9.77. The number of halogens is 3. The molecule has 0 bridgehead atoms. The topological polar surface area (TPSA) is 92.6 Å². The fourth-order valence-electron chi connectivity index (χ4n) is 2.72. The molecule has 0 spiro atoms. The van der Waals surface area contributed by atoms with Crippen LogP contribution in [0, 0.1) is 5.92 Å². The largest absolute Gasteiger partial charge is 0.573 e. The van der Waals surface area contributed by atoms with Crippen LogP contribution in [0.5, 0.6) is 5.75 Å². The fraction of sp³-hybridized carbons (Fsp3) is 0.238. The molecule has 3 aromatic rings. The molecule has 0 saturated heterocycles. The Morgan fingerprint density at radius 1 is 1.09 bits per heavy atom. The van der Waals surface area contributed by atoms with Crippen molar-refractivity contribution in [2.45, 2.75) is 26.1 Å². The summed E-state index contributed by atoms with van der Waals surface area (Å²) in [6.45, 7) is 1.59. The van der Waals surface area contributed by atoms with Crippen molar-refractivity contribution >= 4 is 34.0 Å². The summed E-state index contributed by atoms with van der Waals surface area (Å²) in [5.41, 5.74) is 0.620. The predicted octanol–water partition coefficient (Wildman–Crippen LogP) is 5.07. The van der Waals surface area contributed by atoms with Crippen molar-refractivity contribution in [2.24, 2.45) is 5.92 Å². The zero-order valence-corrected chi connectivity index (χ0v) is 17.6. The van der Waals surface area contributed by atoms with Gasteiger partial charge in [0, 0.05) is 12.0 Å². The van der Waals surface area contributed by atoms with Crippen molar-refractivity contribution in [3.8, 4) is 5.75 Å². The average molecular weight is 465 g/mol. The van der Waals surface area contributed by atoms with Crippen LogP contribution in [0.25, 0.3) is 0 Å². The molecule has 1 heterocycles. The number of para-hydroxylation sites is 1. The van der Waals surface area contributed by atoms with Crippen LogP contribution < -0.4 is 9.64 Å². The molecule has 0 aliphatic rings. The molecule has 168 valence electrons. The van der Waals surface area contributed by atoms with Gasteiger partial charge in [-0.3, -0.25) is 14.5 Å². The van der Waals surface area contributed by atoms with Crippen LogP contribution in [-0.4, -0.2) is 33.5 Å². The van der Waals surface area contributed by atoms with Crippen molar-refractivity contribution in [3.05, 3.63) is 65.2 Å². The molecule has 0 aliphatic heterocycles. The Bertz CT molecular complexity index is 1070. The number of alkyl halides is 3. The van der Waals surface area contributed by atoms with Gasteiger partial charge in [-0.2, -0.15) is 0 Å². The highest BCUT2D eigenvalue weighted by molar-refractivity contribution is 7.15. The lowest BCUT2D eigenvalue weighted by Crippen LogP contribution is -2.26. The van der Waals surface area contributed by atoms with Gasteiger partial charge in [0.1, 0.15) is 10.8 Å². The molecule has 1 amide bonds. The minimum absolute atomic E-state index is 0.125. The van der Waals surface area contributed by atoms with E-state index >= 15 is 0 Å². The molecule has 1 N–H and O–H groups in total. The Morgan fingerprint density at radius 2 is 1.75 bits per heavy atom. The molecule has 7 nitrogen and oxygen atoms in total. The van der Waals surface area contributed by atoms with Crippen LogP contribution in [0.2, 0.25) is 0 Å². The molecule has 2 aromatic carbocycles. The highest BCUT2D eigenvalue weighted by Crippen LogP contribution is 2.31. The van der Waals surface area contributed by atoms with Crippen LogP contribution in [0.1, 0.15) is 28.7 Å². The fourth-order valence-corrected chi connectivity index (χ4v) is 3.59. The predicted molar refractivity (Wildman–Crippen MR) is 111 cm³/mol. The highest BCUT2D eigenvalue weighted by Gasteiger charge is 2.31. The lowest BCUT2D eigenvalue weighted by atomic mass is 10.1. The maximum absolute atomic E-state index is 13.2. The number of nitrogens with zero attached hydrogens (tertiary/aromatic N) is 3. The van der Waals surface area contributed by atoms with E-state index in [1.807, 2.05) is 0 Å². The number of carboxylic acid groups (broad SMARTS) is 1. The molecule has 1 unspecified atom stereocenters. The second-order valence-corrected chi connectivity index (χ2v) is 7.85. The van der Waals surface area contributed by atoms with Crippen molar-refractivity contribution in [1.29, 1.82) is 0 Å². The van der Waals surface area contributed by atoms with Gasteiger partial charge in [-0.1, -0.05) is 36.5 Å². The lowest BCUT2D eigenvalue weighted by molar-refractivity contribution is -0.274. The molecule has 32 heavy (non-hydrogen) atoms. The number of hydrogen-bond donors (Lipinski definition) is 1. The normalized spacial score (nSPS) is 12.2. The summed E-state index contributed by atoms with van der Waals surface area (Å²) < 4.78 is 41.0. The van der Waals surface area contributed by atoms with Crippen molar-refractivity contribution in [3.63, 3.8) is 0 Å². The number of amides is 1. The van der Waals surface area contributed by atoms with Crippen LogP contribution in [-0.2, 0) is 11.2 Å². The molecule has 1 aromatic heterocycles. The SMILES string of the molecule is CC(CCc1nnc(N(C(=O)c2ccc(OC(F)(F)F)cc2)c2ccccc2)s1)C(=O)O. The van der Waals surface area contributed by atoms with E-state index in [0.717, 1.165) is 23.5 Å². The Balaban J connectivity index is 1.86. The summed E-state index contributed by atoms with van der Waals surface area (Å²) in [6.07, 6.45) is -4.09. The number of carboxylic acids is 1. The van der Waals surface area contributed by atoms with Crippen molar-refractivity contribution < 1.29 is 32.6 Å². The third kappa shape index (κ3) is 6.03. The Labute approximate surface area is 185 Å². The van der Waals surface area contributed by atoms with Crippen LogP contribution >= 0.6 is 11.3 Å². The number of ether oxygens (including phenoxy) is 1. The zero-order valence-electron chi connectivity index (χ0n) is 16.7. The summed E-state index contributed by atoms with van der Waals surface area (Å²) >= 11 is 1.14. The Kier molecular flexibility index (Phi) is 7.08. The first-order valence-corrected chi connectivity index (χ1v) is 10.3. The van der Waals surface area contributed by atoms with Gasteiger partial charge in [0.05, 0.1) is 11.6 Å². The van der Waals surface area contributed by atoms with Gasteiger partial charge in [0.15, 0.2) is 0 Å². The van der Waals surface area contributed by atoms with Crippen LogP contribution in [0.15, 0.2) is 54.6 Å². The molecule has 1 atom stereocenters. The third-order valence-electron chi connectivity index (χ3n) is 4.41. The first-order valence-electron chi connectivity index (χ1n) is 9.44. The number of aliphatic carboxylic acids is 1. The van der Waals surface area contributed by atoms with Gasteiger partial charge < -0.3 is 9.84 Å². The van der Waals surface area contributed by atoms with E-state index in [4.69, 9.17) is 5.11 Å². The number of benzene rings is 2. The number of carbonyl (C=O) groups excluding carboxylic acids is 1. The summed E-state index contributed by atoms with van der Waals surface area (Å²) in [7, 11) is 0. The lowest BCUT2D eigenvalue weighted by Gasteiger charge is -2.19. The molecule has 0 saturated carbocycles. The third-order valence-corrected chi connectivity index (χ3v) is 5.38. The van der Waals surface area contributed by atoms with E-state index < -0.39 is 29.9 Å². The summed E-state index contributed by atoms with van der Waals surface area (Å²) in [4.78, 5) is 25.5. The molecule has 3 rings (SSSR count). The molecule has 0 fully saturated rings. The van der Waals surface area contributed by atoms with E-state index in [0.29, 0.717) is 23.5 Å². The van der Waals surface area contributed by atoms with Gasteiger partial charge >= 0.3 is 12.3 Å². The maximum Gasteiger partial charge on any atom is 0.573 e. The van der Waals surface area contributed by atoms with Gasteiger partial charge in [-0.05, 0) is 42.8 Å². The summed E-state index contributed by atoms with van der Waals surface area (Å²) in [6, 6.07) is 13.2.